The van der Waals surface area contributed by atoms with Gasteiger partial charge in [0.1, 0.15) is 13.2 Å². The van der Waals surface area contributed by atoms with Gasteiger partial charge in [-0.05, 0) is 31.1 Å². The van der Waals surface area contributed by atoms with Crippen molar-refractivity contribution in [2.75, 3.05) is 13.2 Å². The predicted molar refractivity (Wildman–Crippen MR) is 247 cm³/mol. The second-order valence-electron chi connectivity index (χ2n) is 18.8. The van der Waals surface area contributed by atoms with Crippen LogP contribution in [0.2, 0.25) is 0 Å². The number of hydrogen-bond donors (Lipinski definition) is 0. The average Bonchev–Trinajstić information content (AvgIpc) is 3.19. The van der Waals surface area contributed by atoms with Gasteiger partial charge in [0.25, 0.3) is 0 Å². The van der Waals surface area contributed by atoms with Crippen LogP contribution in [0, 0.1) is 11.8 Å². The smallest absolute Gasteiger partial charge is 0.306 e. The number of carbonyl (C=O) groups is 3. The Kier molecular flexibility index (Phi) is 43.7. The third kappa shape index (κ3) is 45.5. The molecule has 0 aromatic heterocycles. The first-order valence-corrected chi connectivity index (χ1v) is 25.7. The Bertz CT molecular complexity index is 885. The van der Waals surface area contributed by atoms with Crippen molar-refractivity contribution in [3.05, 3.63) is 0 Å². The maximum Gasteiger partial charge on any atom is 0.306 e. The second-order valence-corrected chi connectivity index (χ2v) is 18.8. The fourth-order valence-corrected chi connectivity index (χ4v) is 7.81. The molecule has 0 spiro atoms. The van der Waals surface area contributed by atoms with E-state index in [1.54, 1.807) is 0 Å². The molecule has 0 heterocycles. The molecule has 0 amide bonds. The van der Waals surface area contributed by atoms with Crippen LogP contribution in [-0.4, -0.2) is 37.2 Å². The highest BCUT2D eigenvalue weighted by molar-refractivity contribution is 5.71. The van der Waals surface area contributed by atoms with Crippen LogP contribution in [0.25, 0.3) is 0 Å². The Hall–Kier alpha value is -1.59. The highest BCUT2D eigenvalue weighted by atomic mass is 16.6. The molecule has 58 heavy (non-hydrogen) atoms. The lowest BCUT2D eigenvalue weighted by Crippen LogP contribution is -2.30. The number of ether oxygens (including phenoxy) is 3. The molecule has 344 valence electrons. The Labute approximate surface area is 361 Å². The molecular weight excluding hydrogens is 721 g/mol. The monoisotopic (exact) mass is 821 g/mol. The van der Waals surface area contributed by atoms with Gasteiger partial charge in [0.05, 0.1) is 0 Å². The summed E-state index contributed by atoms with van der Waals surface area (Å²) in [6.07, 6.45) is 45.2. The molecule has 0 aromatic rings. The van der Waals surface area contributed by atoms with Crippen LogP contribution < -0.4 is 0 Å². The zero-order chi connectivity index (χ0) is 42.6. The summed E-state index contributed by atoms with van der Waals surface area (Å²) >= 11 is 0. The first-order valence-electron chi connectivity index (χ1n) is 25.7. The lowest BCUT2D eigenvalue weighted by atomic mass is 10.0. The van der Waals surface area contributed by atoms with E-state index in [0.29, 0.717) is 19.3 Å². The SMILES string of the molecule is CCCCCCCCCCCCCCCCCC(=O)O[C@@H](COC(=O)CCCCCCCCCCCCCC(C)C)COC(=O)CCCCCCCCCCC(C)C. The third-order valence-electron chi connectivity index (χ3n) is 11.7. The molecule has 0 saturated heterocycles. The second kappa shape index (κ2) is 44.9. The van der Waals surface area contributed by atoms with Crippen molar-refractivity contribution >= 4 is 17.9 Å². The minimum atomic E-state index is -0.761. The van der Waals surface area contributed by atoms with Crippen molar-refractivity contribution in [3.63, 3.8) is 0 Å². The summed E-state index contributed by atoms with van der Waals surface area (Å²) in [7, 11) is 0. The number of hydrogen-bond acceptors (Lipinski definition) is 6. The Balaban J connectivity index is 4.31. The van der Waals surface area contributed by atoms with Gasteiger partial charge in [-0.3, -0.25) is 14.4 Å². The molecule has 0 aliphatic carbocycles. The van der Waals surface area contributed by atoms with Gasteiger partial charge in [-0.1, -0.05) is 247 Å². The van der Waals surface area contributed by atoms with Crippen molar-refractivity contribution in [2.24, 2.45) is 11.8 Å². The van der Waals surface area contributed by atoms with Gasteiger partial charge in [-0.25, -0.2) is 0 Å². The molecule has 0 rings (SSSR count). The molecular formula is C52H100O6. The summed E-state index contributed by atoms with van der Waals surface area (Å²) in [4.78, 5) is 37.9. The van der Waals surface area contributed by atoms with E-state index in [1.165, 1.54) is 173 Å². The molecule has 0 N–H and O–H groups in total. The highest BCUT2D eigenvalue weighted by Crippen LogP contribution is 2.17. The standard InChI is InChI=1S/C52H100O6/c1-6-7-8-9-10-11-12-13-14-15-18-22-29-34-39-44-52(55)58-49(46-57-51(54)43-38-33-28-24-23-26-31-36-41-48(4)5)45-56-50(53)42-37-32-27-21-19-16-17-20-25-30-35-40-47(2)3/h47-49H,6-46H2,1-5H3/t49-/m0/s1. The quantitative estimate of drug-likeness (QED) is 0.0346. The van der Waals surface area contributed by atoms with Gasteiger partial charge in [-0.2, -0.15) is 0 Å². The molecule has 0 aromatic carbocycles. The molecule has 0 bridgehead atoms. The van der Waals surface area contributed by atoms with E-state index in [9.17, 15) is 14.4 Å². The molecule has 6 heteroatoms. The minimum absolute atomic E-state index is 0.0641. The van der Waals surface area contributed by atoms with Crippen molar-refractivity contribution < 1.29 is 28.6 Å². The van der Waals surface area contributed by atoms with Crippen LogP contribution in [0.4, 0.5) is 0 Å². The first kappa shape index (κ1) is 56.4. The maximum absolute atomic E-state index is 12.8. The van der Waals surface area contributed by atoms with Crippen LogP contribution in [0.15, 0.2) is 0 Å². The normalized spacial score (nSPS) is 12.1. The Morgan fingerprint density at radius 1 is 0.328 bits per heavy atom. The van der Waals surface area contributed by atoms with Crippen molar-refractivity contribution in [1.29, 1.82) is 0 Å². The molecule has 0 radical (unpaired) electrons. The van der Waals surface area contributed by atoms with E-state index >= 15 is 0 Å². The topological polar surface area (TPSA) is 78.9 Å². The third-order valence-corrected chi connectivity index (χ3v) is 11.7. The van der Waals surface area contributed by atoms with Gasteiger partial charge in [-0.15, -0.1) is 0 Å². The average molecular weight is 821 g/mol. The summed E-state index contributed by atoms with van der Waals surface area (Å²) in [6, 6.07) is 0. The van der Waals surface area contributed by atoms with E-state index in [-0.39, 0.29) is 31.1 Å². The predicted octanol–water partition coefficient (Wildman–Crippen LogP) is 16.5. The number of rotatable bonds is 46. The molecule has 6 nitrogen and oxygen atoms in total. The van der Waals surface area contributed by atoms with E-state index in [1.807, 2.05) is 0 Å². The van der Waals surface area contributed by atoms with Gasteiger partial charge in [0.15, 0.2) is 6.10 Å². The summed E-state index contributed by atoms with van der Waals surface area (Å²) in [5, 5.41) is 0. The molecule has 1 atom stereocenters. The van der Waals surface area contributed by atoms with Crippen LogP contribution in [0.1, 0.15) is 285 Å². The number of esters is 3. The molecule has 0 aliphatic heterocycles. The zero-order valence-electron chi connectivity index (χ0n) is 39.7. The number of unbranched alkanes of at least 4 members (excludes halogenated alkanes) is 31. The minimum Gasteiger partial charge on any atom is -0.462 e. The van der Waals surface area contributed by atoms with Crippen LogP contribution >= 0.6 is 0 Å². The maximum atomic E-state index is 12.8. The Morgan fingerprint density at radius 3 is 0.845 bits per heavy atom. The van der Waals surface area contributed by atoms with E-state index in [0.717, 1.165) is 69.6 Å². The van der Waals surface area contributed by atoms with E-state index in [2.05, 4.69) is 34.6 Å². The van der Waals surface area contributed by atoms with E-state index < -0.39 is 6.10 Å². The number of carbonyl (C=O) groups excluding carboxylic acids is 3. The Morgan fingerprint density at radius 2 is 0.569 bits per heavy atom. The van der Waals surface area contributed by atoms with Crippen LogP contribution in [0.3, 0.4) is 0 Å². The summed E-state index contributed by atoms with van der Waals surface area (Å²) < 4.78 is 16.8. The molecule has 0 aliphatic rings. The molecule has 0 fully saturated rings. The van der Waals surface area contributed by atoms with Crippen molar-refractivity contribution in [1.82, 2.24) is 0 Å². The molecule has 0 saturated carbocycles. The van der Waals surface area contributed by atoms with Crippen LogP contribution in [0.5, 0.6) is 0 Å². The van der Waals surface area contributed by atoms with Gasteiger partial charge < -0.3 is 14.2 Å². The zero-order valence-corrected chi connectivity index (χ0v) is 39.7. The van der Waals surface area contributed by atoms with Gasteiger partial charge in [0.2, 0.25) is 0 Å². The van der Waals surface area contributed by atoms with Crippen molar-refractivity contribution in [3.8, 4) is 0 Å². The van der Waals surface area contributed by atoms with Gasteiger partial charge >= 0.3 is 17.9 Å². The lowest BCUT2D eigenvalue weighted by molar-refractivity contribution is -0.167. The van der Waals surface area contributed by atoms with E-state index in [4.69, 9.17) is 14.2 Å². The summed E-state index contributed by atoms with van der Waals surface area (Å²) in [5.74, 6) is 0.773. The molecule has 0 unspecified atom stereocenters. The van der Waals surface area contributed by atoms with Crippen LogP contribution in [-0.2, 0) is 28.6 Å². The highest BCUT2D eigenvalue weighted by Gasteiger charge is 2.19. The first-order chi connectivity index (χ1) is 28.2. The van der Waals surface area contributed by atoms with Gasteiger partial charge in [0, 0.05) is 19.3 Å². The summed E-state index contributed by atoms with van der Waals surface area (Å²) in [6.45, 7) is 11.3. The summed E-state index contributed by atoms with van der Waals surface area (Å²) in [5.41, 5.74) is 0. The fraction of sp³-hybridized carbons (Fsp3) is 0.942. The lowest BCUT2D eigenvalue weighted by Gasteiger charge is -2.18. The fourth-order valence-electron chi connectivity index (χ4n) is 7.81. The largest absolute Gasteiger partial charge is 0.462 e. The van der Waals surface area contributed by atoms with Crippen molar-refractivity contribution in [2.45, 2.75) is 291 Å².